The number of thiocarbonyl (C=S) groups is 1. The van der Waals surface area contributed by atoms with Crippen LogP contribution in [-0.4, -0.2) is 21.0 Å². The first-order valence-corrected chi connectivity index (χ1v) is 8.04. The van der Waals surface area contributed by atoms with Gasteiger partial charge in [0.1, 0.15) is 0 Å². The van der Waals surface area contributed by atoms with Crippen LogP contribution in [0.3, 0.4) is 0 Å². The first-order valence-electron chi connectivity index (χ1n) is 6.76. The first kappa shape index (κ1) is 15.3. The van der Waals surface area contributed by atoms with Crippen molar-refractivity contribution in [3.8, 4) is 11.3 Å². The van der Waals surface area contributed by atoms with E-state index in [-0.39, 0.29) is 11.0 Å². The predicted molar refractivity (Wildman–Crippen MR) is 95.5 cm³/mol. The Morgan fingerprint density at radius 2 is 1.83 bits per heavy atom. The van der Waals surface area contributed by atoms with E-state index in [1.807, 2.05) is 23.6 Å². The number of nitrogens with one attached hydrogen (secondary N) is 2. The summed E-state index contributed by atoms with van der Waals surface area (Å²) in [5.74, 6) is -0.256. The SMILES string of the molecule is O=C(NC(=S)Nc1nc(-c2ccncc2)cs1)c1ccccc1. The fourth-order valence-electron chi connectivity index (χ4n) is 1.88. The van der Waals surface area contributed by atoms with Crippen LogP contribution < -0.4 is 10.6 Å². The zero-order chi connectivity index (χ0) is 16.1. The largest absolute Gasteiger partial charge is 0.308 e. The molecular formula is C16H12N4OS2. The van der Waals surface area contributed by atoms with Gasteiger partial charge in [-0.1, -0.05) is 18.2 Å². The lowest BCUT2D eigenvalue weighted by Crippen LogP contribution is -2.34. The summed E-state index contributed by atoms with van der Waals surface area (Å²) in [6, 6.07) is 12.7. The molecule has 0 aliphatic heterocycles. The molecule has 0 unspecified atom stereocenters. The molecular weight excluding hydrogens is 328 g/mol. The van der Waals surface area contributed by atoms with Crippen LogP contribution in [0.1, 0.15) is 10.4 Å². The smallest absolute Gasteiger partial charge is 0.257 e. The number of anilines is 1. The number of thiazole rings is 1. The monoisotopic (exact) mass is 340 g/mol. The molecule has 2 aromatic heterocycles. The van der Waals surface area contributed by atoms with Gasteiger partial charge in [-0.3, -0.25) is 15.1 Å². The molecule has 7 heteroatoms. The number of carbonyl (C=O) groups excluding carboxylic acids is 1. The molecule has 0 aliphatic carbocycles. The number of amides is 1. The van der Waals surface area contributed by atoms with Crippen LogP contribution in [0.4, 0.5) is 5.13 Å². The minimum absolute atomic E-state index is 0.217. The van der Waals surface area contributed by atoms with Crippen molar-refractivity contribution in [1.29, 1.82) is 0 Å². The number of carbonyl (C=O) groups is 1. The Morgan fingerprint density at radius 3 is 2.57 bits per heavy atom. The average molecular weight is 340 g/mol. The Bertz CT molecular complexity index is 818. The lowest BCUT2D eigenvalue weighted by Gasteiger charge is -2.06. The number of nitrogens with zero attached hydrogens (tertiary/aromatic N) is 2. The van der Waals surface area contributed by atoms with Crippen LogP contribution in [0.2, 0.25) is 0 Å². The fourth-order valence-corrected chi connectivity index (χ4v) is 2.86. The van der Waals surface area contributed by atoms with Gasteiger partial charge in [-0.05, 0) is 36.5 Å². The Morgan fingerprint density at radius 1 is 1.09 bits per heavy atom. The van der Waals surface area contributed by atoms with Crippen molar-refractivity contribution in [1.82, 2.24) is 15.3 Å². The zero-order valence-electron chi connectivity index (χ0n) is 11.9. The number of hydrogen-bond acceptors (Lipinski definition) is 5. The van der Waals surface area contributed by atoms with Gasteiger partial charge in [-0.15, -0.1) is 11.3 Å². The summed E-state index contributed by atoms with van der Waals surface area (Å²) in [5, 5.41) is 8.31. The van der Waals surface area contributed by atoms with E-state index in [0.29, 0.717) is 10.7 Å². The molecule has 2 heterocycles. The molecule has 0 radical (unpaired) electrons. The fraction of sp³-hybridized carbons (Fsp3) is 0. The van der Waals surface area contributed by atoms with E-state index in [9.17, 15) is 4.79 Å². The first-order chi connectivity index (χ1) is 11.2. The lowest BCUT2D eigenvalue weighted by molar-refractivity contribution is 0.0978. The molecule has 0 atom stereocenters. The molecule has 0 saturated heterocycles. The molecule has 5 nitrogen and oxygen atoms in total. The van der Waals surface area contributed by atoms with Gasteiger partial charge in [-0.2, -0.15) is 0 Å². The second kappa shape index (κ2) is 7.08. The molecule has 0 spiro atoms. The summed E-state index contributed by atoms with van der Waals surface area (Å²) < 4.78 is 0. The normalized spacial score (nSPS) is 10.1. The summed E-state index contributed by atoms with van der Waals surface area (Å²) in [6.07, 6.45) is 3.43. The third-order valence-corrected chi connectivity index (χ3v) is 3.93. The van der Waals surface area contributed by atoms with Gasteiger partial charge in [0, 0.05) is 28.9 Å². The maximum atomic E-state index is 12.0. The minimum atomic E-state index is -0.256. The third kappa shape index (κ3) is 3.97. The quantitative estimate of drug-likeness (QED) is 0.716. The van der Waals surface area contributed by atoms with E-state index < -0.39 is 0 Å². The van der Waals surface area contributed by atoms with E-state index in [1.165, 1.54) is 11.3 Å². The Balaban J connectivity index is 1.63. The molecule has 3 rings (SSSR count). The Kier molecular flexibility index (Phi) is 4.70. The minimum Gasteiger partial charge on any atom is -0.308 e. The van der Waals surface area contributed by atoms with Gasteiger partial charge in [0.25, 0.3) is 5.91 Å². The topological polar surface area (TPSA) is 66.9 Å². The molecule has 1 aromatic carbocycles. The van der Waals surface area contributed by atoms with Gasteiger partial charge < -0.3 is 5.32 Å². The summed E-state index contributed by atoms with van der Waals surface area (Å²) >= 11 is 6.57. The van der Waals surface area contributed by atoms with Gasteiger partial charge in [0.2, 0.25) is 0 Å². The van der Waals surface area contributed by atoms with E-state index in [4.69, 9.17) is 12.2 Å². The molecule has 2 N–H and O–H groups in total. The highest BCUT2D eigenvalue weighted by molar-refractivity contribution is 7.80. The van der Waals surface area contributed by atoms with E-state index in [1.54, 1.807) is 36.7 Å². The molecule has 3 aromatic rings. The number of pyridine rings is 1. The van der Waals surface area contributed by atoms with Crippen LogP contribution in [0.25, 0.3) is 11.3 Å². The summed E-state index contributed by atoms with van der Waals surface area (Å²) in [5.41, 5.74) is 2.36. The second-order valence-electron chi connectivity index (χ2n) is 4.55. The molecule has 23 heavy (non-hydrogen) atoms. The maximum absolute atomic E-state index is 12.0. The van der Waals surface area contributed by atoms with E-state index >= 15 is 0 Å². The van der Waals surface area contributed by atoms with Crippen LogP contribution in [-0.2, 0) is 0 Å². The van der Waals surface area contributed by atoms with Crippen LogP contribution in [0.15, 0.2) is 60.2 Å². The van der Waals surface area contributed by atoms with Crippen molar-refractivity contribution < 1.29 is 4.79 Å². The van der Waals surface area contributed by atoms with Crippen molar-refractivity contribution in [2.45, 2.75) is 0 Å². The summed E-state index contributed by atoms with van der Waals surface area (Å²) in [4.78, 5) is 20.4. The van der Waals surface area contributed by atoms with Crippen molar-refractivity contribution >= 4 is 39.7 Å². The molecule has 1 amide bonds. The Labute approximate surface area is 142 Å². The second-order valence-corrected chi connectivity index (χ2v) is 5.81. The number of hydrogen-bond donors (Lipinski definition) is 2. The third-order valence-electron chi connectivity index (χ3n) is 2.96. The van der Waals surface area contributed by atoms with Gasteiger partial charge in [0.05, 0.1) is 5.69 Å². The van der Waals surface area contributed by atoms with Gasteiger partial charge >= 0.3 is 0 Å². The molecule has 0 saturated carbocycles. The highest BCUT2D eigenvalue weighted by Crippen LogP contribution is 2.24. The lowest BCUT2D eigenvalue weighted by atomic mass is 10.2. The number of aromatic nitrogens is 2. The molecule has 0 fully saturated rings. The van der Waals surface area contributed by atoms with Crippen LogP contribution in [0.5, 0.6) is 0 Å². The van der Waals surface area contributed by atoms with Crippen LogP contribution >= 0.6 is 23.6 Å². The van der Waals surface area contributed by atoms with Gasteiger partial charge in [-0.25, -0.2) is 4.98 Å². The molecule has 0 bridgehead atoms. The Hall–Kier alpha value is -2.64. The highest BCUT2D eigenvalue weighted by Gasteiger charge is 2.09. The van der Waals surface area contributed by atoms with E-state index in [0.717, 1.165) is 11.3 Å². The van der Waals surface area contributed by atoms with Crippen molar-refractivity contribution in [3.05, 3.63) is 65.8 Å². The van der Waals surface area contributed by atoms with Crippen molar-refractivity contribution in [3.63, 3.8) is 0 Å². The van der Waals surface area contributed by atoms with Crippen LogP contribution in [0, 0.1) is 0 Å². The number of benzene rings is 1. The average Bonchev–Trinajstić information content (AvgIpc) is 3.04. The summed E-state index contributed by atoms with van der Waals surface area (Å²) in [7, 11) is 0. The summed E-state index contributed by atoms with van der Waals surface area (Å²) in [6.45, 7) is 0. The standard InChI is InChI=1S/C16H12N4OS2/c21-14(12-4-2-1-3-5-12)19-15(22)20-16-18-13(10-23-16)11-6-8-17-9-7-11/h1-10H,(H2,18,19,20,21,22). The van der Waals surface area contributed by atoms with Gasteiger partial charge in [0.15, 0.2) is 10.2 Å². The molecule has 0 aliphatic rings. The van der Waals surface area contributed by atoms with Crippen molar-refractivity contribution in [2.24, 2.45) is 0 Å². The molecule has 114 valence electrons. The predicted octanol–water partition coefficient (Wildman–Crippen LogP) is 3.33. The maximum Gasteiger partial charge on any atom is 0.257 e. The number of rotatable bonds is 3. The van der Waals surface area contributed by atoms with E-state index in [2.05, 4.69) is 20.6 Å². The highest BCUT2D eigenvalue weighted by atomic mass is 32.1. The van der Waals surface area contributed by atoms with Crippen molar-refractivity contribution in [2.75, 3.05) is 5.32 Å². The zero-order valence-corrected chi connectivity index (χ0v) is 13.5.